The van der Waals surface area contributed by atoms with Crippen LogP contribution >= 0.6 is 0 Å². The molecule has 0 aliphatic carbocycles. The van der Waals surface area contributed by atoms with Crippen LogP contribution in [0.1, 0.15) is 148 Å². The van der Waals surface area contributed by atoms with Gasteiger partial charge >= 0.3 is 17.9 Å². The fraction of sp³-hybridized carbons (Fsp3) is 0.761. The van der Waals surface area contributed by atoms with Gasteiger partial charge in [0.25, 0.3) is 5.91 Å². The minimum absolute atomic E-state index is 0.124. The first kappa shape index (κ1) is 59.4. The molecule has 0 saturated carbocycles. The summed E-state index contributed by atoms with van der Waals surface area (Å²) in [5.74, 6) is -9.18. The number of Topliss-reactive ketones (excluding diaryl/α,β-unsaturated/α-hetero) is 1. The zero-order chi connectivity index (χ0) is 51.4. The van der Waals surface area contributed by atoms with Gasteiger partial charge in [-0.3, -0.25) is 52.7 Å². The maximum atomic E-state index is 14.2. The third kappa shape index (κ3) is 22.1. The quantitative estimate of drug-likeness (QED) is 0.0406. The maximum Gasteiger partial charge on any atom is 0.307 e. The zero-order valence-corrected chi connectivity index (χ0v) is 41.8. The lowest BCUT2D eigenvalue weighted by molar-refractivity contribution is -0.156. The van der Waals surface area contributed by atoms with Crippen molar-refractivity contribution in [2.45, 2.75) is 195 Å². The minimum atomic E-state index is -1.45. The van der Waals surface area contributed by atoms with Gasteiger partial charge in [0.2, 0.25) is 41.2 Å². The number of carbonyl (C=O) groups excluding carboxylic acids is 11. The molecule has 380 valence electrons. The number of ketones is 1. The Balaban J connectivity index is 3.32. The molecule has 0 aromatic heterocycles. The molecule has 1 fully saturated rings. The van der Waals surface area contributed by atoms with E-state index in [-0.39, 0.29) is 64.6 Å². The molecule has 6 unspecified atom stereocenters. The summed E-state index contributed by atoms with van der Waals surface area (Å²) in [6, 6.07) is -7.46. The van der Waals surface area contributed by atoms with Crippen molar-refractivity contribution in [2.75, 3.05) is 19.7 Å². The van der Waals surface area contributed by atoms with Crippen LogP contribution in [0.25, 0.3) is 0 Å². The van der Waals surface area contributed by atoms with Gasteiger partial charge in [-0.1, -0.05) is 41.0 Å². The average molecular weight is 952 g/mol. The van der Waals surface area contributed by atoms with Gasteiger partial charge in [-0.15, -0.1) is 0 Å². The van der Waals surface area contributed by atoms with Gasteiger partial charge in [0.05, 0.1) is 19.1 Å². The summed E-state index contributed by atoms with van der Waals surface area (Å²) in [5, 5.41) is 15.4. The van der Waals surface area contributed by atoms with Crippen molar-refractivity contribution in [3.63, 3.8) is 0 Å². The average Bonchev–Trinajstić information content (AvgIpc) is 3.70. The molecule has 0 aromatic carbocycles. The summed E-state index contributed by atoms with van der Waals surface area (Å²) in [6.45, 7) is 21.4. The fourth-order valence-electron chi connectivity index (χ4n) is 6.97. The van der Waals surface area contributed by atoms with E-state index >= 15 is 0 Å². The van der Waals surface area contributed by atoms with Crippen molar-refractivity contribution in [1.29, 1.82) is 0 Å². The highest BCUT2D eigenvalue weighted by Gasteiger charge is 2.41. The van der Waals surface area contributed by atoms with Crippen molar-refractivity contribution >= 4 is 65.0 Å². The van der Waals surface area contributed by atoms with Gasteiger partial charge < -0.3 is 51.0 Å². The van der Waals surface area contributed by atoms with E-state index in [0.717, 1.165) is 0 Å². The summed E-state index contributed by atoms with van der Waals surface area (Å²) in [5.41, 5.74) is -1.66. The lowest BCUT2D eigenvalue weighted by Crippen LogP contribution is -2.61. The molecule has 1 saturated heterocycles. The van der Waals surface area contributed by atoms with Crippen LogP contribution in [0.5, 0.6) is 0 Å². The highest BCUT2D eigenvalue weighted by molar-refractivity contribution is 6.38. The molecular weight excluding hydrogens is 875 g/mol. The lowest BCUT2D eigenvalue weighted by Gasteiger charge is -2.33. The van der Waals surface area contributed by atoms with Crippen LogP contribution in [0, 0.1) is 11.8 Å². The Bertz CT molecular complexity index is 1770. The normalized spacial score (nSPS) is 16.0. The van der Waals surface area contributed by atoms with E-state index in [1.165, 1.54) is 11.8 Å². The SMILES string of the molecule is CCCC(NC(=O)C1CCCN1C(=O)C(NC(=O)C(NC(=O)C(CCC(=O)OC(C)(C)C)NC(=O)C(CCC(=O)OC(C)(C)C)NC(C)=O)C(C)C)C(C)C)C(=O)C(=O)NCCC(=O)OCC. The van der Waals surface area contributed by atoms with E-state index in [4.69, 9.17) is 14.2 Å². The first-order valence-corrected chi connectivity index (χ1v) is 23.2. The summed E-state index contributed by atoms with van der Waals surface area (Å²) in [4.78, 5) is 146. The molecule has 1 heterocycles. The molecule has 67 heavy (non-hydrogen) atoms. The number of likely N-dealkylation sites (tertiary alicyclic amines) is 1. The number of nitrogens with zero attached hydrogens (tertiary/aromatic N) is 1. The Hall–Kier alpha value is -5.63. The predicted molar refractivity (Wildman–Crippen MR) is 244 cm³/mol. The zero-order valence-electron chi connectivity index (χ0n) is 41.8. The van der Waals surface area contributed by atoms with Gasteiger partial charge in [-0.05, 0) is 92.4 Å². The molecule has 0 bridgehead atoms. The standard InChI is InChI=1S/C46H77N7O14/c1-14-17-29(38(58)43(63)47-24-23-33(55)65-15-2)49-41(61)32-18-16-25-53(32)44(64)37(27(5)6)52-42(62)36(26(3)4)51-40(60)31(20-22-35(57)67-46(11,12)13)50-39(59)30(48-28(7)54)19-21-34(56)66-45(8,9)10/h26-27,29-32,36-37H,14-25H2,1-13H3,(H,47,63)(H,48,54)(H,49,61)(H,50,59)(H,51,60)(H,52,62). The fourth-order valence-corrected chi connectivity index (χ4v) is 6.97. The van der Waals surface area contributed by atoms with Crippen LogP contribution in [-0.4, -0.2) is 137 Å². The monoisotopic (exact) mass is 952 g/mol. The van der Waals surface area contributed by atoms with Gasteiger partial charge in [0.1, 0.15) is 41.4 Å². The lowest BCUT2D eigenvalue weighted by atomic mass is 9.98. The van der Waals surface area contributed by atoms with E-state index in [9.17, 15) is 52.7 Å². The molecule has 7 amide bonds. The van der Waals surface area contributed by atoms with Gasteiger partial charge in [0, 0.05) is 32.9 Å². The molecule has 0 spiro atoms. The molecule has 1 aliphatic rings. The van der Waals surface area contributed by atoms with Crippen LogP contribution in [0.3, 0.4) is 0 Å². The van der Waals surface area contributed by atoms with Crippen LogP contribution in [0.15, 0.2) is 0 Å². The Morgan fingerprint density at radius 2 is 1.12 bits per heavy atom. The largest absolute Gasteiger partial charge is 0.466 e. The van der Waals surface area contributed by atoms with Gasteiger partial charge in [-0.2, -0.15) is 0 Å². The van der Waals surface area contributed by atoms with Crippen LogP contribution in [0.4, 0.5) is 0 Å². The van der Waals surface area contributed by atoms with Gasteiger partial charge in [-0.25, -0.2) is 0 Å². The van der Waals surface area contributed by atoms with E-state index in [2.05, 4.69) is 31.9 Å². The second-order valence-corrected chi connectivity index (χ2v) is 19.2. The van der Waals surface area contributed by atoms with E-state index < -0.39 is 124 Å². The second kappa shape index (κ2) is 27.9. The third-order valence-corrected chi connectivity index (χ3v) is 10.1. The molecule has 6 N–H and O–H groups in total. The van der Waals surface area contributed by atoms with Crippen LogP contribution in [0.2, 0.25) is 0 Å². The highest BCUT2D eigenvalue weighted by Crippen LogP contribution is 2.22. The number of hydrogen-bond donors (Lipinski definition) is 6. The topological polar surface area (TPSA) is 291 Å². The third-order valence-electron chi connectivity index (χ3n) is 10.1. The summed E-state index contributed by atoms with van der Waals surface area (Å²) in [7, 11) is 0. The number of carbonyl (C=O) groups is 11. The first-order valence-electron chi connectivity index (χ1n) is 23.2. The summed E-state index contributed by atoms with van der Waals surface area (Å²) >= 11 is 0. The van der Waals surface area contributed by atoms with Crippen molar-refractivity contribution in [2.24, 2.45) is 11.8 Å². The smallest absolute Gasteiger partial charge is 0.307 e. The maximum absolute atomic E-state index is 14.2. The highest BCUT2D eigenvalue weighted by atomic mass is 16.6. The van der Waals surface area contributed by atoms with Gasteiger partial charge in [0.15, 0.2) is 0 Å². The number of nitrogens with one attached hydrogen (secondary N) is 6. The van der Waals surface area contributed by atoms with Crippen molar-refractivity contribution in [3.05, 3.63) is 0 Å². The number of esters is 3. The van der Waals surface area contributed by atoms with E-state index in [1.807, 2.05) is 0 Å². The van der Waals surface area contributed by atoms with Crippen molar-refractivity contribution in [1.82, 2.24) is 36.8 Å². The van der Waals surface area contributed by atoms with Crippen LogP contribution in [-0.2, 0) is 67.0 Å². The van der Waals surface area contributed by atoms with E-state index in [1.54, 1.807) is 83.1 Å². The van der Waals surface area contributed by atoms with Crippen molar-refractivity contribution < 1.29 is 67.0 Å². The summed E-state index contributed by atoms with van der Waals surface area (Å²) in [6.07, 6.45) is 0.0160. The molecule has 21 nitrogen and oxygen atoms in total. The molecule has 21 heteroatoms. The molecule has 0 radical (unpaired) electrons. The van der Waals surface area contributed by atoms with E-state index in [0.29, 0.717) is 12.8 Å². The van der Waals surface area contributed by atoms with Crippen molar-refractivity contribution in [3.8, 4) is 0 Å². The molecule has 0 aromatic rings. The molecule has 6 atom stereocenters. The second-order valence-electron chi connectivity index (χ2n) is 19.2. The number of hydrogen-bond acceptors (Lipinski definition) is 14. The Labute approximate surface area is 394 Å². The first-order chi connectivity index (χ1) is 31.0. The Morgan fingerprint density at radius 1 is 0.612 bits per heavy atom. The number of rotatable bonds is 26. The molecule has 1 rings (SSSR count). The van der Waals surface area contributed by atoms with Crippen LogP contribution < -0.4 is 31.9 Å². The summed E-state index contributed by atoms with van der Waals surface area (Å²) < 4.78 is 15.6. The number of ether oxygens (including phenoxy) is 3. The molecular formula is C46H77N7O14. The number of amides is 7. The Morgan fingerprint density at radius 3 is 1.60 bits per heavy atom. The Kier molecular flexibility index (Phi) is 24.7. The predicted octanol–water partition coefficient (Wildman–Crippen LogP) is 1.42. The minimum Gasteiger partial charge on any atom is -0.466 e. The molecule has 1 aliphatic heterocycles.